The minimum atomic E-state index is 0.344. The van der Waals surface area contributed by atoms with Crippen LogP contribution in [0.15, 0.2) is 40.6 Å². The maximum absolute atomic E-state index is 5.95. The molecule has 0 spiro atoms. The number of nitrogens with two attached hydrogens (primary N) is 1. The molecule has 0 aliphatic rings. The number of aromatic nitrogens is 2. The largest absolute Gasteiger partial charge is 0.437 e. The van der Waals surface area contributed by atoms with Crippen LogP contribution in [-0.2, 0) is 0 Å². The van der Waals surface area contributed by atoms with Gasteiger partial charge < -0.3 is 4.74 Å². The van der Waals surface area contributed by atoms with Crippen LogP contribution in [0.2, 0.25) is 0 Å². The monoisotopic (exact) mass is 304 g/mol. The molecule has 0 saturated carbocycles. The Morgan fingerprint density at radius 1 is 1.25 bits per heavy atom. The number of fused-ring (bicyclic) bond motifs is 1. The molecule has 0 saturated heterocycles. The van der Waals surface area contributed by atoms with Crippen LogP contribution in [0.25, 0.3) is 10.2 Å². The Balaban J connectivity index is 2.07. The van der Waals surface area contributed by atoms with Crippen molar-refractivity contribution in [1.82, 2.24) is 9.97 Å². The van der Waals surface area contributed by atoms with Crippen molar-refractivity contribution in [3.8, 4) is 11.6 Å². The zero-order chi connectivity index (χ0) is 13.9. The van der Waals surface area contributed by atoms with E-state index < -0.39 is 0 Å². The van der Waals surface area contributed by atoms with Crippen LogP contribution in [0, 0.1) is 0 Å². The molecule has 0 radical (unpaired) electrons. The average molecular weight is 304 g/mol. The lowest BCUT2D eigenvalue weighted by Crippen LogP contribution is -2.10. The van der Waals surface area contributed by atoms with Crippen LogP contribution < -0.4 is 16.0 Å². The van der Waals surface area contributed by atoms with Gasteiger partial charge in [0.15, 0.2) is 0 Å². The Kier molecular flexibility index (Phi) is 3.72. The van der Waals surface area contributed by atoms with Crippen molar-refractivity contribution in [2.45, 2.75) is 4.90 Å². The first-order valence-electron chi connectivity index (χ1n) is 5.84. The molecule has 3 N–H and O–H groups in total. The van der Waals surface area contributed by atoms with Crippen LogP contribution in [-0.4, -0.2) is 16.2 Å². The summed E-state index contributed by atoms with van der Waals surface area (Å²) in [6.07, 6.45) is 2.01. The predicted molar refractivity (Wildman–Crippen MR) is 83.5 cm³/mol. The van der Waals surface area contributed by atoms with Gasteiger partial charge in [-0.2, -0.15) is 4.98 Å². The molecule has 5 nitrogen and oxygen atoms in total. The molecule has 0 unspecified atom stereocenters. The standard InChI is InChI=1S/C13H12N4OS2/c1-19-10-5-3-2-4-9(10)18-11-8-6-7-20-12(8)16-13(15-11)17-14/h2-7H,14H2,1H3,(H,15,16,17). The van der Waals surface area contributed by atoms with Gasteiger partial charge in [0.2, 0.25) is 11.8 Å². The summed E-state index contributed by atoms with van der Waals surface area (Å²) in [5, 5.41) is 2.83. The Morgan fingerprint density at radius 3 is 2.90 bits per heavy atom. The topological polar surface area (TPSA) is 73.1 Å². The molecule has 2 aromatic heterocycles. The number of hydrogen-bond donors (Lipinski definition) is 2. The number of rotatable bonds is 4. The molecule has 1 aromatic carbocycles. The number of thioether (sulfide) groups is 1. The average Bonchev–Trinajstić information content (AvgIpc) is 2.96. The van der Waals surface area contributed by atoms with Crippen LogP contribution >= 0.6 is 23.1 Å². The molecule has 0 atom stereocenters. The zero-order valence-electron chi connectivity index (χ0n) is 10.7. The lowest BCUT2D eigenvalue weighted by Gasteiger charge is -2.10. The van der Waals surface area contributed by atoms with Crippen LogP contribution in [0.5, 0.6) is 11.6 Å². The van der Waals surface area contributed by atoms with E-state index in [9.17, 15) is 0 Å². The molecule has 7 heteroatoms. The second-order valence-electron chi connectivity index (χ2n) is 3.89. The van der Waals surface area contributed by atoms with Gasteiger partial charge in [-0.05, 0) is 29.8 Å². The van der Waals surface area contributed by atoms with E-state index in [1.807, 2.05) is 42.0 Å². The van der Waals surface area contributed by atoms with E-state index in [0.29, 0.717) is 11.8 Å². The number of benzene rings is 1. The van der Waals surface area contributed by atoms with E-state index >= 15 is 0 Å². The Labute approximate surface area is 124 Å². The van der Waals surface area contributed by atoms with E-state index in [0.717, 1.165) is 20.9 Å². The minimum Gasteiger partial charge on any atom is -0.437 e. The number of nitrogens with zero attached hydrogens (tertiary/aromatic N) is 2. The van der Waals surface area contributed by atoms with Crippen molar-refractivity contribution >= 4 is 39.3 Å². The highest BCUT2D eigenvalue weighted by molar-refractivity contribution is 7.98. The Bertz CT molecular complexity index is 744. The van der Waals surface area contributed by atoms with E-state index in [4.69, 9.17) is 10.6 Å². The Hall–Kier alpha value is -1.83. The van der Waals surface area contributed by atoms with Gasteiger partial charge >= 0.3 is 0 Å². The van der Waals surface area contributed by atoms with Crippen molar-refractivity contribution in [1.29, 1.82) is 0 Å². The highest BCUT2D eigenvalue weighted by atomic mass is 32.2. The van der Waals surface area contributed by atoms with Gasteiger partial charge in [0.1, 0.15) is 10.6 Å². The van der Waals surface area contributed by atoms with Gasteiger partial charge in [-0.25, -0.2) is 10.8 Å². The van der Waals surface area contributed by atoms with Crippen LogP contribution in [0.4, 0.5) is 5.95 Å². The normalized spacial score (nSPS) is 10.7. The third-order valence-corrected chi connectivity index (χ3v) is 4.28. The van der Waals surface area contributed by atoms with Crippen molar-refractivity contribution in [2.24, 2.45) is 5.84 Å². The van der Waals surface area contributed by atoms with Crippen molar-refractivity contribution in [3.05, 3.63) is 35.7 Å². The summed E-state index contributed by atoms with van der Waals surface area (Å²) in [6.45, 7) is 0. The lowest BCUT2D eigenvalue weighted by atomic mass is 10.3. The maximum atomic E-state index is 5.95. The molecule has 3 rings (SSSR count). The highest BCUT2D eigenvalue weighted by Gasteiger charge is 2.12. The molecule has 20 heavy (non-hydrogen) atoms. The quantitative estimate of drug-likeness (QED) is 0.437. The fourth-order valence-corrected chi connectivity index (χ4v) is 3.06. The van der Waals surface area contributed by atoms with Gasteiger partial charge in [0, 0.05) is 4.90 Å². The number of nitrogen functional groups attached to an aromatic ring is 1. The molecular formula is C13H12N4OS2. The fourth-order valence-electron chi connectivity index (χ4n) is 1.78. The van der Waals surface area contributed by atoms with Gasteiger partial charge in [-0.3, -0.25) is 5.43 Å². The molecule has 2 heterocycles. The van der Waals surface area contributed by atoms with Crippen LogP contribution in [0.3, 0.4) is 0 Å². The van der Waals surface area contributed by atoms with Crippen molar-refractivity contribution in [2.75, 3.05) is 11.7 Å². The summed E-state index contributed by atoms with van der Waals surface area (Å²) < 4.78 is 5.95. The molecule has 0 bridgehead atoms. The summed E-state index contributed by atoms with van der Waals surface area (Å²) in [4.78, 5) is 10.5. The van der Waals surface area contributed by atoms with E-state index in [1.165, 1.54) is 11.3 Å². The second-order valence-corrected chi connectivity index (χ2v) is 5.63. The molecule has 0 amide bonds. The van der Waals surface area contributed by atoms with Gasteiger partial charge in [-0.15, -0.1) is 23.1 Å². The molecule has 0 aliphatic heterocycles. The number of hydrogen-bond acceptors (Lipinski definition) is 7. The SMILES string of the molecule is CSc1ccccc1Oc1nc(NN)nc2sccc12. The van der Waals surface area contributed by atoms with Gasteiger partial charge in [0.05, 0.1) is 5.39 Å². The Morgan fingerprint density at radius 2 is 2.10 bits per heavy atom. The molecular weight excluding hydrogens is 292 g/mol. The zero-order valence-corrected chi connectivity index (χ0v) is 12.3. The number of thiophene rings is 1. The summed E-state index contributed by atoms with van der Waals surface area (Å²) in [5.74, 6) is 7.02. The molecule has 102 valence electrons. The van der Waals surface area contributed by atoms with Gasteiger partial charge in [-0.1, -0.05) is 12.1 Å². The third-order valence-electron chi connectivity index (χ3n) is 2.69. The lowest BCUT2D eigenvalue weighted by molar-refractivity contribution is 0.458. The van der Waals surface area contributed by atoms with E-state index in [1.54, 1.807) is 11.8 Å². The first-order chi connectivity index (χ1) is 9.81. The molecule has 3 aromatic rings. The van der Waals surface area contributed by atoms with E-state index in [2.05, 4.69) is 15.4 Å². The summed E-state index contributed by atoms with van der Waals surface area (Å²) in [5.41, 5.74) is 2.46. The van der Waals surface area contributed by atoms with Gasteiger partial charge in [0.25, 0.3) is 0 Å². The maximum Gasteiger partial charge on any atom is 0.241 e. The smallest absolute Gasteiger partial charge is 0.241 e. The number of hydrazine groups is 1. The number of anilines is 1. The summed E-state index contributed by atoms with van der Waals surface area (Å²) in [6, 6.07) is 9.78. The number of para-hydroxylation sites is 1. The minimum absolute atomic E-state index is 0.344. The van der Waals surface area contributed by atoms with Crippen LogP contribution in [0.1, 0.15) is 0 Å². The summed E-state index contributed by atoms with van der Waals surface area (Å²) in [7, 11) is 0. The van der Waals surface area contributed by atoms with E-state index in [-0.39, 0.29) is 0 Å². The third kappa shape index (κ3) is 2.43. The first-order valence-corrected chi connectivity index (χ1v) is 7.95. The number of ether oxygens (including phenoxy) is 1. The first kappa shape index (κ1) is 13.2. The fraction of sp³-hybridized carbons (Fsp3) is 0.0769. The molecule has 0 aliphatic carbocycles. The predicted octanol–water partition coefficient (Wildman–Crippen LogP) is 3.49. The number of nitrogens with one attached hydrogen (secondary N) is 1. The second kappa shape index (κ2) is 5.66. The van der Waals surface area contributed by atoms with Crippen molar-refractivity contribution < 1.29 is 4.74 Å². The molecule has 0 fully saturated rings. The summed E-state index contributed by atoms with van der Waals surface area (Å²) >= 11 is 3.15. The van der Waals surface area contributed by atoms with Crippen molar-refractivity contribution in [3.63, 3.8) is 0 Å². The highest BCUT2D eigenvalue weighted by Crippen LogP contribution is 2.35.